The molecule has 0 aromatic heterocycles. The molecular weight excluding hydrogens is 268 g/mol. The first-order valence-electron chi connectivity index (χ1n) is 7.89. The van der Waals surface area contributed by atoms with E-state index in [2.05, 4.69) is 0 Å². The second kappa shape index (κ2) is 6.04. The van der Waals surface area contributed by atoms with E-state index in [0.717, 1.165) is 25.7 Å². The summed E-state index contributed by atoms with van der Waals surface area (Å²) >= 11 is 0. The minimum atomic E-state index is -0.251. The fourth-order valence-corrected chi connectivity index (χ4v) is 3.50. The van der Waals surface area contributed by atoms with Gasteiger partial charge in [0.25, 0.3) is 0 Å². The molecule has 4 nitrogen and oxygen atoms in total. The molecular formula is C17H22O4. The molecule has 0 aromatic rings. The molecule has 3 aliphatic rings. The smallest absolute Gasteiger partial charge is 0.334 e. The molecule has 3 rings (SSSR count). The first-order valence-corrected chi connectivity index (χ1v) is 7.89. The van der Waals surface area contributed by atoms with E-state index in [-0.39, 0.29) is 42.2 Å². The van der Waals surface area contributed by atoms with Gasteiger partial charge in [0, 0.05) is 17.4 Å². The predicted molar refractivity (Wildman–Crippen MR) is 77.2 cm³/mol. The number of allylic oxidation sites excluding steroid dienone is 2. The minimum Gasteiger partial charge on any atom is -0.464 e. The molecule has 0 bridgehead atoms. The maximum Gasteiger partial charge on any atom is 0.334 e. The van der Waals surface area contributed by atoms with Gasteiger partial charge in [0.1, 0.15) is 6.61 Å². The van der Waals surface area contributed by atoms with E-state index in [4.69, 9.17) is 9.47 Å². The number of cyclic esters (lactones) is 2. The van der Waals surface area contributed by atoms with Gasteiger partial charge in [0.2, 0.25) is 0 Å². The summed E-state index contributed by atoms with van der Waals surface area (Å²) in [7, 11) is 0. The van der Waals surface area contributed by atoms with Crippen LogP contribution in [-0.2, 0) is 19.1 Å². The lowest BCUT2D eigenvalue weighted by molar-refractivity contribution is -0.158. The Balaban J connectivity index is 1.81. The fraction of sp³-hybridized carbons (Fsp3) is 0.647. The normalized spacial score (nSPS) is 36.7. The molecule has 1 saturated heterocycles. The Kier molecular flexibility index (Phi) is 4.13. The first kappa shape index (κ1) is 14.4. The van der Waals surface area contributed by atoms with Crippen molar-refractivity contribution >= 4 is 11.9 Å². The first-order chi connectivity index (χ1) is 10.1. The summed E-state index contributed by atoms with van der Waals surface area (Å²) in [5.74, 6) is -0.322. The molecule has 0 amide bonds. The predicted octanol–water partition coefficient (Wildman–Crippen LogP) is 2.64. The lowest BCUT2D eigenvalue weighted by Crippen LogP contribution is -2.36. The average molecular weight is 290 g/mol. The van der Waals surface area contributed by atoms with Gasteiger partial charge in [-0.3, -0.25) is 4.79 Å². The third kappa shape index (κ3) is 3.04. The van der Waals surface area contributed by atoms with Gasteiger partial charge in [-0.25, -0.2) is 4.79 Å². The topological polar surface area (TPSA) is 52.6 Å². The fourth-order valence-electron chi connectivity index (χ4n) is 3.50. The molecule has 0 unspecified atom stereocenters. The van der Waals surface area contributed by atoms with Crippen molar-refractivity contribution in [3.63, 3.8) is 0 Å². The third-order valence-electron chi connectivity index (χ3n) is 4.77. The number of carbonyl (C=O) groups is 2. The molecule has 0 radical (unpaired) electrons. The van der Waals surface area contributed by atoms with Crippen LogP contribution < -0.4 is 0 Å². The van der Waals surface area contributed by atoms with E-state index in [9.17, 15) is 9.59 Å². The molecule has 1 saturated carbocycles. The van der Waals surface area contributed by atoms with Crippen molar-refractivity contribution in [1.29, 1.82) is 0 Å². The number of fused-ring (bicyclic) bond motifs is 2. The van der Waals surface area contributed by atoms with Crippen LogP contribution in [0, 0.1) is 23.7 Å². The van der Waals surface area contributed by atoms with Crippen LogP contribution in [0.3, 0.4) is 0 Å². The molecule has 21 heavy (non-hydrogen) atoms. The van der Waals surface area contributed by atoms with E-state index in [1.165, 1.54) is 0 Å². The monoisotopic (exact) mass is 290 g/mol. The van der Waals surface area contributed by atoms with Gasteiger partial charge < -0.3 is 9.47 Å². The van der Waals surface area contributed by atoms with E-state index < -0.39 is 0 Å². The van der Waals surface area contributed by atoms with Gasteiger partial charge in [-0.15, -0.1) is 0 Å². The van der Waals surface area contributed by atoms with Crippen molar-refractivity contribution in [3.05, 3.63) is 23.8 Å². The molecule has 1 heterocycles. The van der Waals surface area contributed by atoms with Gasteiger partial charge in [-0.1, -0.05) is 38.0 Å². The number of rotatable bonds is 0. The van der Waals surface area contributed by atoms with Crippen LogP contribution in [0.4, 0.5) is 0 Å². The van der Waals surface area contributed by atoms with Crippen LogP contribution in [0.5, 0.6) is 0 Å². The summed E-state index contributed by atoms with van der Waals surface area (Å²) in [6.45, 7) is 2.60. The summed E-state index contributed by atoms with van der Waals surface area (Å²) in [4.78, 5) is 24.6. The van der Waals surface area contributed by atoms with Crippen LogP contribution in [0.25, 0.3) is 0 Å². The third-order valence-corrected chi connectivity index (χ3v) is 4.77. The van der Waals surface area contributed by atoms with Gasteiger partial charge in [-0.2, -0.15) is 0 Å². The van der Waals surface area contributed by atoms with Crippen LogP contribution in [0.2, 0.25) is 0 Å². The highest BCUT2D eigenvalue weighted by Gasteiger charge is 2.36. The minimum absolute atomic E-state index is 0.108. The molecule has 2 fully saturated rings. The zero-order valence-electron chi connectivity index (χ0n) is 12.4. The SMILES string of the molecule is C[C@H]1C=C[C@H]2COC(=O)[C@@H]3CCCC[C@H]3COC(=O)C2=C1. The Morgan fingerprint density at radius 3 is 2.71 bits per heavy atom. The number of esters is 2. The summed E-state index contributed by atoms with van der Waals surface area (Å²) in [6, 6.07) is 0. The highest BCUT2D eigenvalue weighted by atomic mass is 16.5. The summed E-state index contributed by atoms with van der Waals surface area (Å²) < 4.78 is 11.0. The Morgan fingerprint density at radius 2 is 1.86 bits per heavy atom. The number of ether oxygens (including phenoxy) is 2. The van der Waals surface area contributed by atoms with Crippen molar-refractivity contribution in [3.8, 4) is 0 Å². The quantitative estimate of drug-likeness (QED) is 0.508. The number of hydrogen-bond donors (Lipinski definition) is 0. The summed E-state index contributed by atoms with van der Waals surface area (Å²) in [6.07, 6.45) is 9.83. The van der Waals surface area contributed by atoms with Crippen molar-refractivity contribution < 1.29 is 19.1 Å². The lowest BCUT2D eigenvalue weighted by atomic mass is 9.79. The highest BCUT2D eigenvalue weighted by Crippen LogP contribution is 2.33. The summed E-state index contributed by atoms with van der Waals surface area (Å²) in [5, 5.41) is 0. The van der Waals surface area contributed by atoms with Gasteiger partial charge in [0.05, 0.1) is 12.5 Å². The van der Waals surface area contributed by atoms with E-state index >= 15 is 0 Å². The molecule has 0 N–H and O–H groups in total. The lowest BCUT2D eigenvalue weighted by Gasteiger charge is -2.32. The molecule has 2 aliphatic carbocycles. The van der Waals surface area contributed by atoms with Crippen molar-refractivity contribution in [1.82, 2.24) is 0 Å². The standard InChI is InChI=1S/C17H22O4/c1-11-6-7-13-10-20-16(18)14-5-3-2-4-12(14)9-21-17(19)15(13)8-11/h6-8,11-14H,2-5,9-10H2,1H3/t11-,12-,13-,14+/m0/s1. The summed E-state index contributed by atoms with van der Waals surface area (Å²) in [5.41, 5.74) is 0.632. The second-order valence-corrected chi connectivity index (χ2v) is 6.35. The molecule has 4 atom stereocenters. The zero-order chi connectivity index (χ0) is 14.8. The van der Waals surface area contributed by atoms with Gasteiger partial charge in [0.15, 0.2) is 0 Å². The molecule has 1 aliphatic heterocycles. The zero-order valence-corrected chi connectivity index (χ0v) is 12.4. The Bertz CT molecular complexity index is 491. The largest absolute Gasteiger partial charge is 0.464 e. The number of hydrogen-bond acceptors (Lipinski definition) is 4. The van der Waals surface area contributed by atoms with Crippen LogP contribution in [0.15, 0.2) is 23.8 Å². The highest BCUT2D eigenvalue weighted by molar-refractivity contribution is 5.90. The van der Waals surface area contributed by atoms with Crippen LogP contribution in [0.1, 0.15) is 32.6 Å². The van der Waals surface area contributed by atoms with E-state index in [1.54, 1.807) is 0 Å². The van der Waals surface area contributed by atoms with Crippen molar-refractivity contribution in [2.75, 3.05) is 13.2 Å². The van der Waals surface area contributed by atoms with Crippen LogP contribution in [-0.4, -0.2) is 25.2 Å². The Labute approximate surface area is 125 Å². The maximum absolute atomic E-state index is 12.3. The maximum atomic E-state index is 12.3. The number of carbonyl (C=O) groups excluding carboxylic acids is 2. The van der Waals surface area contributed by atoms with Crippen molar-refractivity contribution in [2.24, 2.45) is 23.7 Å². The Hall–Kier alpha value is -1.58. The van der Waals surface area contributed by atoms with E-state index in [0.29, 0.717) is 12.2 Å². The second-order valence-electron chi connectivity index (χ2n) is 6.35. The van der Waals surface area contributed by atoms with Gasteiger partial charge >= 0.3 is 11.9 Å². The molecule has 0 aromatic carbocycles. The van der Waals surface area contributed by atoms with E-state index in [1.807, 2.05) is 25.2 Å². The Morgan fingerprint density at radius 1 is 1.05 bits per heavy atom. The molecule has 0 spiro atoms. The van der Waals surface area contributed by atoms with Gasteiger partial charge in [-0.05, 0) is 18.8 Å². The van der Waals surface area contributed by atoms with Crippen molar-refractivity contribution in [2.45, 2.75) is 32.6 Å². The average Bonchev–Trinajstić information content (AvgIpc) is 2.50. The van der Waals surface area contributed by atoms with Crippen LogP contribution >= 0.6 is 0 Å². The molecule has 4 heteroatoms. The molecule has 114 valence electrons.